The van der Waals surface area contributed by atoms with Crippen molar-refractivity contribution in [2.45, 2.75) is 53.1 Å². The molecule has 0 saturated carbocycles. The second-order valence-corrected chi connectivity index (χ2v) is 7.10. The Bertz CT molecular complexity index is 297. The Morgan fingerprint density at radius 3 is 2.47 bits per heavy atom. The zero-order chi connectivity index (χ0) is 14.6. The van der Waals surface area contributed by atoms with Gasteiger partial charge in [-0.1, -0.05) is 13.8 Å². The Kier molecular flexibility index (Phi) is 5.65. The van der Waals surface area contributed by atoms with Crippen LogP contribution in [-0.2, 0) is 4.74 Å². The highest BCUT2D eigenvalue weighted by atomic mass is 16.6. The predicted molar refractivity (Wildman–Crippen MR) is 77.9 cm³/mol. The zero-order valence-electron chi connectivity index (χ0n) is 13.1. The largest absolute Gasteiger partial charge is 0.444 e. The number of nitrogens with zero attached hydrogens (tertiary/aromatic N) is 1. The summed E-state index contributed by atoms with van der Waals surface area (Å²) in [5.41, 5.74) is 5.44. The first kappa shape index (κ1) is 16.3. The number of hydrogen-bond acceptors (Lipinski definition) is 3. The van der Waals surface area contributed by atoms with E-state index in [0.717, 1.165) is 32.5 Å². The van der Waals surface area contributed by atoms with Crippen LogP contribution in [0.1, 0.15) is 47.5 Å². The van der Waals surface area contributed by atoms with E-state index in [4.69, 9.17) is 10.5 Å². The molecular formula is C15H30N2O2. The number of carbonyl (C=O) groups excluding carboxylic acids is 1. The van der Waals surface area contributed by atoms with Gasteiger partial charge >= 0.3 is 6.09 Å². The van der Waals surface area contributed by atoms with Gasteiger partial charge in [-0.25, -0.2) is 4.79 Å². The van der Waals surface area contributed by atoms with Crippen LogP contribution in [-0.4, -0.2) is 36.2 Å². The first-order chi connectivity index (χ1) is 8.73. The van der Waals surface area contributed by atoms with E-state index >= 15 is 0 Å². The van der Waals surface area contributed by atoms with Gasteiger partial charge in [0.15, 0.2) is 0 Å². The molecule has 2 N–H and O–H groups in total. The van der Waals surface area contributed by atoms with Crippen LogP contribution >= 0.6 is 0 Å². The number of nitrogens with two attached hydrogens (primary N) is 1. The molecule has 0 radical (unpaired) electrons. The summed E-state index contributed by atoms with van der Waals surface area (Å²) in [6.45, 7) is 12.4. The van der Waals surface area contributed by atoms with E-state index in [0.29, 0.717) is 17.8 Å². The minimum atomic E-state index is -0.421. The lowest BCUT2D eigenvalue weighted by atomic mass is 9.80. The summed E-state index contributed by atoms with van der Waals surface area (Å²) in [5.74, 6) is 1.69. The standard InChI is InChI=1S/C15H30N2O2/c1-11(2)8-13-10-17(7-6-12(13)9-16)14(18)19-15(3,4)5/h11-13H,6-10,16H2,1-5H3. The van der Waals surface area contributed by atoms with E-state index in [-0.39, 0.29) is 6.09 Å². The van der Waals surface area contributed by atoms with Crippen LogP contribution in [0.3, 0.4) is 0 Å². The van der Waals surface area contributed by atoms with Crippen molar-refractivity contribution < 1.29 is 9.53 Å². The van der Waals surface area contributed by atoms with Crippen molar-refractivity contribution in [2.24, 2.45) is 23.5 Å². The monoisotopic (exact) mass is 270 g/mol. The van der Waals surface area contributed by atoms with E-state index in [2.05, 4.69) is 13.8 Å². The summed E-state index contributed by atoms with van der Waals surface area (Å²) in [5, 5.41) is 0. The lowest BCUT2D eigenvalue weighted by Gasteiger charge is -2.39. The molecule has 0 bridgehead atoms. The number of likely N-dealkylation sites (tertiary alicyclic amines) is 1. The molecule has 19 heavy (non-hydrogen) atoms. The third-order valence-corrected chi connectivity index (χ3v) is 3.62. The Hall–Kier alpha value is -0.770. The topological polar surface area (TPSA) is 55.6 Å². The molecule has 2 unspecified atom stereocenters. The quantitative estimate of drug-likeness (QED) is 0.858. The van der Waals surface area contributed by atoms with E-state index in [1.165, 1.54) is 0 Å². The summed E-state index contributed by atoms with van der Waals surface area (Å²) in [7, 11) is 0. The van der Waals surface area contributed by atoms with Gasteiger partial charge < -0.3 is 15.4 Å². The molecule has 2 atom stereocenters. The number of carbonyl (C=O) groups is 1. The molecule has 1 amide bonds. The molecule has 1 aliphatic heterocycles. The van der Waals surface area contributed by atoms with Gasteiger partial charge in [-0.05, 0) is 57.9 Å². The SMILES string of the molecule is CC(C)CC1CN(C(=O)OC(C)(C)C)CCC1CN. The maximum atomic E-state index is 12.1. The predicted octanol–water partition coefficient (Wildman–Crippen LogP) is 2.86. The van der Waals surface area contributed by atoms with Crippen molar-refractivity contribution >= 4 is 6.09 Å². The van der Waals surface area contributed by atoms with Gasteiger partial charge in [0.2, 0.25) is 0 Å². The van der Waals surface area contributed by atoms with Crippen molar-refractivity contribution in [3.63, 3.8) is 0 Å². The van der Waals surface area contributed by atoms with Crippen molar-refractivity contribution in [1.82, 2.24) is 4.90 Å². The number of hydrogen-bond donors (Lipinski definition) is 1. The summed E-state index contributed by atoms with van der Waals surface area (Å²) in [4.78, 5) is 14.0. The Morgan fingerprint density at radius 1 is 1.37 bits per heavy atom. The van der Waals surface area contributed by atoms with Gasteiger partial charge in [0.05, 0.1) is 0 Å². The second-order valence-electron chi connectivity index (χ2n) is 7.10. The summed E-state index contributed by atoms with van der Waals surface area (Å²) < 4.78 is 5.46. The number of amides is 1. The molecule has 4 heteroatoms. The summed E-state index contributed by atoms with van der Waals surface area (Å²) in [6.07, 6.45) is 1.94. The molecule has 1 aliphatic rings. The summed E-state index contributed by atoms with van der Waals surface area (Å²) in [6, 6.07) is 0. The van der Waals surface area contributed by atoms with Crippen molar-refractivity contribution in [3.8, 4) is 0 Å². The lowest BCUT2D eigenvalue weighted by molar-refractivity contribution is 0.00890. The average Bonchev–Trinajstić information content (AvgIpc) is 2.25. The number of ether oxygens (including phenoxy) is 1. The molecule has 0 aromatic carbocycles. The zero-order valence-corrected chi connectivity index (χ0v) is 13.1. The van der Waals surface area contributed by atoms with Gasteiger partial charge in [0, 0.05) is 13.1 Å². The van der Waals surface area contributed by atoms with E-state index in [1.807, 2.05) is 25.7 Å². The molecule has 1 fully saturated rings. The molecule has 0 aromatic rings. The van der Waals surface area contributed by atoms with E-state index in [9.17, 15) is 4.79 Å². The number of piperidine rings is 1. The molecule has 0 aromatic heterocycles. The normalized spacial score (nSPS) is 24.7. The van der Waals surface area contributed by atoms with Crippen molar-refractivity contribution in [2.75, 3.05) is 19.6 Å². The average molecular weight is 270 g/mol. The minimum absolute atomic E-state index is 0.184. The minimum Gasteiger partial charge on any atom is -0.444 e. The molecule has 0 aliphatic carbocycles. The van der Waals surface area contributed by atoms with Crippen LogP contribution in [0.4, 0.5) is 4.79 Å². The van der Waals surface area contributed by atoms with Crippen LogP contribution in [0, 0.1) is 17.8 Å². The molecule has 1 saturated heterocycles. The van der Waals surface area contributed by atoms with Gasteiger partial charge in [-0.15, -0.1) is 0 Å². The first-order valence-electron chi connectivity index (χ1n) is 7.41. The Balaban J connectivity index is 2.61. The van der Waals surface area contributed by atoms with E-state index < -0.39 is 5.60 Å². The lowest BCUT2D eigenvalue weighted by Crippen LogP contribution is -2.47. The third-order valence-electron chi connectivity index (χ3n) is 3.62. The number of rotatable bonds is 3. The highest BCUT2D eigenvalue weighted by Crippen LogP contribution is 2.29. The molecule has 0 spiro atoms. The molecular weight excluding hydrogens is 240 g/mol. The molecule has 4 nitrogen and oxygen atoms in total. The van der Waals surface area contributed by atoms with Crippen molar-refractivity contribution in [3.05, 3.63) is 0 Å². The third kappa shape index (κ3) is 5.39. The van der Waals surface area contributed by atoms with Gasteiger partial charge in [-0.3, -0.25) is 0 Å². The van der Waals surface area contributed by atoms with E-state index in [1.54, 1.807) is 0 Å². The van der Waals surface area contributed by atoms with Crippen LogP contribution in [0.25, 0.3) is 0 Å². The van der Waals surface area contributed by atoms with Gasteiger partial charge in [-0.2, -0.15) is 0 Å². The van der Waals surface area contributed by atoms with Crippen molar-refractivity contribution in [1.29, 1.82) is 0 Å². The van der Waals surface area contributed by atoms with Crippen LogP contribution < -0.4 is 5.73 Å². The summed E-state index contributed by atoms with van der Waals surface area (Å²) >= 11 is 0. The fraction of sp³-hybridized carbons (Fsp3) is 0.933. The Labute approximate surface area is 117 Å². The maximum Gasteiger partial charge on any atom is 0.410 e. The Morgan fingerprint density at radius 2 is 2.00 bits per heavy atom. The molecule has 1 rings (SSSR count). The highest BCUT2D eigenvalue weighted by Gasteiger charge is 2.32. The van der Waals surface area contributed by atoms with Gasteiger partial charge in [0.1, 0.15) is 5.60 Å². The molecule has 112 valence electrons. The first-order valence-corrected chi connectivity index (χ1v) is 7.41. The van der Waals surface area contributed by atoms with Crippen LogP contribution in [0.5, 0.6) is 0 Å². The fourth-order valence-corrected chi connectivity index (χ4v) is 2.76. The van der Waals surface area contributed by atoms with Crippen LogP contribution in [0.15, 0.2) is 0 Å². The maximum absolute atomic E-state index is 12.1. The second kappa shape index (κ2) is 6.60. The van der Waals surface area contributed by atoms with Gasteiger partial charge in [0.25, 0.3) is 0 Å². The van der Waals surface area contributed by atoms with Crippen LogP contribution in [0.2, 0.25) is 0 Å². The highest BCUT2D eigenvalue weighted by molar-refractivity contribution is 5.68. The smallest absolute Gasteiger partial charge is 0.410 e. The molecule has 1 heterocycles. The fourth-order valence-electron chi connectivity index (χ4n) is 2.76.